The predicted molar refractivity (Wildman–Crippen MR) is 146 cm³/mol. The Hall–Kier alpha value is -3.65. The van der Waals surface area contributed by atoms with E-state index in [1.807, 2.05) is 54.2 Å². The van der Waals surface area contributed by atoms with E-state index in [1.54, 1.807) is 13.1 Å². The fraction of sp³-hybridized carbons (Fsp3) is 0.286. The lowest BCUT2D eigenvalue weighted by Crippen LogP contribution is -2.20. The van der Waals surface area contributed by atoms with Gasteiger partial charge in [0, 0.05) is 25.4 Å². The van der Waals surface area contributed by atoms with E-state index in [0.29, 0.717) is 29.5 Å². The van der Waals surface area contributed by atoms with E-state index in [-0.39, 0.29) is 5.57 Å². The number of aldehydes is 1. The number of thioether (sulfide) groups is 1. The molecule has 2 N–H and O–H groups in total. The van der Waals surface area contributed by atoms with E-state index in [1.165, 1.54) is 25.6 Å². The van der Waals surface area contributed by atoms with Crippen LogP contribution in [-0.4, -0.2) is 42.2 Å². The Morgan fingerprint density at radius 3 is 2.42 bits per heavy atom. The van der Waals surface area contributed by atoms with Gasteiger partial charge in [-0.15, -0.1) is 22.0 Å². The number of anilines is 1. The number of carbonyl (C=O) groups is 2. The standard InChI is InChI=1S/C24H24N4O3.C4H6S/c1-25-21-17(13-18(14-29)22(30)26-2)11-12-19(15-9-6-10-15)20(21)24-28-27-23(31-24)16-7-4-3-5-8-16;1-2-4-5-3-1/h3-5,7-8,11-15,25H,6,9-10H2,1-2H3,(H,26,30);1,3H,2,4H2/b18-13+;. The molecule has 2 heterocycles. The van der Waals surface area contributed by atoms with Gasteiger partial charge in [0.2, 0.25) is 5.89 Å². The predicted octanol–water partition coefficient (Wildman–Crippen LogP) is 5.68. The third kappa shape index (κ3) is 5.76. The quantitative estimate of drug-likeness (QED) is 0.186. The van der Waals surface area contributed by atoms with Gasteiger partial charge in [-0.05, 0) is 59.9 Å². The van der Waals surface area contributed by atoms with Crippen LogP contribution in [0.15, 0.2) is 63.9 Å². The topological polar surface area (TPSA) is 97.1 Å². The maximum absolute atomic E-state index is 12.0. The summed E-state index contributed by atoms with van der Waals surface area (Å²) in [4.78, 5) is 23.5. The van der Waals surface area contributed by atoms with Crippen molar-refractivity contribution in [1.29, 1.82) is 0 Å². The van der Waals surface area contributed by atoms with Gasteiger partial charge in [0.15, 0.2) is 6.29 Å². The molecule has 0 spiro atoms. The summed E-state index contributed by atoms with van der Waals surface area (Å²) in [5, 5.41) is 16.5. The molecular weight excluding hydrogens is 472 g/mol. The maximum atomic E-state index is 12.0. The van der Waals surface area contributed by atoms with Crippen molar-refractivity contribution in [3.63, 3.8) is 0 Å². The van der Waals surface area contributed by atoms with Crippen LogP contribution in [0.4, 0.5) is 5.69 Å². The minimum Gasteiger partial charge on any atom is -0.416 e. The smallest absolute Gasteiger partial charge is 0.254 e. The van der Waals surface area contributed by atoms with Crippen molar-refractivity contribution < 1.29 is 14.0 Å². The zero-order valence-electron chi connectivity index (χ0n) is 20.5. The van der Waals surface area contributed by atoms with Crippen molar-refractivity contribution in [1.82, 2.24) is 15.5 Å². The Kier molecular flexibility index (Phi) is 8.73. The van der Waals surface area contributed by atoms with E-state index in [0.717, 1.165) is 35.2 Å². The van der Waals surface area contributed by atoms with Gasteiger partial charge in [-0.25, -0.2) is 0 Å². The molecule has 3 aromatic rings. The minimum absolute atomic E-state index is 0.0387. The lowest BCUT2D eigenvalue weighted by Gasteiger charge is -2.28. The van der Waals surface area contributed by atoms with Crippen LogP contribution in [0.25, 0.3) is 29.0 Å². The molecule has 0 saturated heterocycles. The molecule has 0 bridgehead atoms. The second kappa shape index (κ2) is 12.4. The highest BCUT2D eigenvalue weighted by Crippen LogP contribution is 2.45. The van der Waals surface area contributed by atoms with Crippen molar-refractivity contribution in [3.05, 3.63) is 70.6 Å². The Morgan fingerprint density at radius 1 is 1.08 bits per heavy atom. The van der Waals surface area contributed by atoms with Crippen LogP contribution >= 0.6 is 11.8 Å². The highest BCUT2D eigenvalue weighted by atomic mass is 32.2. The highest BCUT2D eigenvalue weighted by Gasteiger charge is 2.28. The van der Waals surface area contributed by atoms with Crippen LogP contribution in [0.3, 0.4) is 0 Å². The summed E-state index contributed by atoms with van der Waals surface area (Å²) in [7, 11) is 3.29. The number of benzene rings is 2. The molecule has 1 aromatic heterocycles. The van der Waals surface area contributed by atoms with Crippen LogP contribution in [0.1, 0.15) is 42.7 Å². The Bertz CT molecular complexity index is 1260. The average Bonchev–Trinajstić information content (AvgIpc) is 3.62. The number of hydrogen-bond acceptors (Lipinski definition) is 7. The summed E-state index contributed by atoms with van der Waals surface area (Å²) in [6, 6.07) is 13.6. The fourth-order valence-corrected chi connectivity index (χ4v) is 4.82. The van der Waals surface area contributed by atoms with E-state index in [2.05, 4.69) is 32.3 Å². The number of likely N-dealkylation sites (N-methyl/N-ethyl adjacent to an activating group) is 1. The summed E-state index contributed by atoms with van der Waals surface area (Å²) in [5.41, 5.74) is 4.27. The molecule has 0 atom stereocenters. The number of nitrogens with one attached hydrogen (secondary N) is 2. The summed E-state index contributed by atoms with van der Waals surface area (Å²) < 4.78 is 6.08. The second-order valence-corrected chi connectivity index (χ2v) is 9.49. The number of carbonyl (C=O) groups excluding carboxylic acids is 2. The molecule has 1 aliphatic heterocycles. The van der Waals surface area contributed by atoms with Crippen molar-refractivity contribution in [3.8, 4) is 22.9 Å². The Labute approximate surface area is 215 Å². The largest absolute Gasteiger partial charge is 0.416 e. The molecule has 1 fully saturated rings. The maximum Gasteiger partial charge on any atom is 0.254 e. The van der Waals surface area contributed by atoms with Gasteiger partial charge in [-0.3, -0.25) is 9.59 Å². The minimum atomic E-state index is -0.439. The molecule has 7 nitrogen and oxygen atoms in total. The summed E-state index contributed by atoms with van der Waals surface area (Å²) in [6.45, 7) is 0. The number of rotatable bonds is 7. The first kappa shape index (κ1) is 25.4. The summed E-state index contributed by atoms with van der Waals surface area (Å²) in [5.74, 6) is 2.13. The second-order valence-electron chi connectivity index (χ2n) is 8.48. The number of nitrogens with zero attached hydrogens (tertiary/aromatic N) is 2. The van der Waals surface area contributed by atoms with Crippen LogP contribution < -0.4 is 10.6 Å². The first-order valence-electron chi connectivity index (χ1n) is 12.1. The molecule has 8 heteroatoms. The molecule has 1 amide bonds. The molecular formula is C28H30N4O3S. The molecule has 36 heavy (non-hydrogen) atoms. The van der Waals surface area contributed by atoms with Gasteiger partial charge >= 0.3 is 0 Å². The van der Waals surface area contributed by atoms with Crippen molar-refractivity contribution in [2.75, 3.05) is 25.2 Å². The van der Waals surface area contributed by atoms with Crippen molar-refractivity contribution >= 4 is 35.7 Å². The molecule has 2 aromatic carbocycles. The van der Waals surface area contributed by atoms with E-state index in [9.17, 15) is 9.59 Å². The number of hydrogen-bond donors (Lipinski definition) is 2. The Morgan fingerprint density at radius 2 is 1.86 bits per heavy atom. The highest BCUT2D eigenvalue weighted by molar-refractivity contribution is 8.02. The van der Waals surface area contributed by atoms with Crippen molar-refractivity contribution in [2.45, 2.75) is 31.6 Å². The van der Waals surface area contributed by atoms with Gasteiger partial charge in [0.05, 0.1) is 16.8 Å². The molecule has 1 aliphatic carbocycles. The third-order valence-electron chi connectivity index (χ3n) is 6.25. The molecule has 0 unspecified atom stereocenters. The molecule has 0 radical (unpaired) electrons. The Balaban J connectivity index is 0.000000543. The van der Waals surface area contributed by atoms with E-state index < -0.39 is 5.91 Å². The molecule has 2 aliphatic rings. The normalized spacial score (nSPS) is 15.0. The first-order chi connectivity index (χ1) is 17.7. The average molecular weight is 503 g/mol. The fourth-order valence-electron chi connectivity index (χ4n) is 4.14. The zero-order chi connectivity index (χ0) is 25.3. The zero-order valence-corrected chi connectivity index (χ0v) is 21.3. The summed E-state index contributed by atoms with van der Waals surface area (Å²) >= 11 is 1.89. The number of aromatic nitrogens is 2. The van der Waals surface area contributed by atoms with Crippen LogP contribution in [0.5, 0.6) is 0 Å². The first-order valence-corrected chi connectivity index (χ1v) is 13.1. The van der Waals surface area contributed by atoms with Crippen LogP contribution in [-0.2, 0) is 9.59 Å². The van der Waals surface area contributed by atoms with Crippen molar-refractivity contribution in [2.24, 2.45) is 0 Å². The summed E-state index contributed by atoms with van der Waals surface area (Å²) in [6.07, 6.45) is 8.99. The van der Waals surface area contributed by atoms with Gasteiger partial charge < -0.3 is 15.1 Å². The lowest BCUT2D eigenvalue weighted by molar-refractivity contribution is -0.118. The van der Waals surface area contributed by atoms with Gasteiger partial charge in [-0.2, -0.15) is 0 Å². The van der Waals surface area contributed by atoms with Gasteiger partial charge in [0.25, 0.3) is 11.8 Å². The molecule has 1 saturated carbocycles. The number of amides is 1. The van der Waals surface area contributed by atoms with E-state index in [4.69, 9.17) is 4.42 Å². The van der Waals surface area contributed by atoms with E-state index >= 15 is 0 Å². The third-order valence-corrected chi connectivity index (χ3v) is 7.10. The molecule has 5 rings (SSSR count). The lowest BCUT2D eigenvalue weighted by atomic mass is 9.77. The van der Waals surface area contributed by atoms with Gasteiger partial charge in [0.1, 0.15) is 0 Å². The SMILES string of the molecule is C1=CSCC1.CNC(=O)/C(C=O)=C/c1ccc(C2CCC2)c(-c2nnc(-c3ccccc3)o2)c1NC. The van der Waals surface area contributed by atoms with Crippen LogP contribution in [0, 0.1) is 0 Å². The van der Waals surface area contributed by atoms with Crippen LogP contribution in [0.2, 0.25) is 0 Å². The van der Waals surface area contributed by atoms with Gasteiger partial charge in [-0.1, -0.05) is 42.8 Å². The number of allylic oxidation sites excluding steroid dienone is 1. The molecule has 186 valence electrons. The monoisotopic (exact) mass is 502 g/mol.